The smallest absolute Gasteiger partial charge is 0.00204 e. The maximum atomic E-state index is 3.56. The van der Waals surface area contributed by atoms with Crippen molar-refractivity contribution in [1.29, 1.82) is 0 Å². The average Bonchev–Trinajstić information content (AvgIpc) is 2.28. The van der Waals surface area contributed by atoms with Crippen molar-refractivity contribution in [3.63, 3.8) is 0 Å². The molecule has 0 radical (unpaired) electrons. The normalized spacial score (nSPS) is 14.8. The van der Waals surface area contributed by atoms with E-state index in [1.807, 2.05) is 0 Å². The van der Waals surface area contributed by atoms with Crippen molar-refractivity contribution in [2.45, 2.75) is 41.0 Å². The largest absolute Gasteiger partial charge is 0.316 e. The lowest BCUT2D eigenvalue weighted by atomic mass is 9.89. The molecule has 0 aliphatic carbocycles. The molecule has 0 aromatic heterocycles. The lowest BCUT2D eigenvalue weighted by Crippen LogP contribution is -2.28. The first-order chi connectivity index (χ1) is 8.49. The van der Waals surface area contributed by atoms with Gasteiger partial charge in [-0.25, -0.2) is 0 Å². The Morgan fingerprint density at radius 3 is 2.33 bits per heavy atom. The van der Waals surface area contributed by atoms with Crippen LogP contribution in [0.1, 0.15) is 38.8 Å². The summed E-state index contributed by atoms with van der Waals surface area (Å²) in [6.07, 6.45) is 1.19. The lowest BCUT2D eigenvalue weighted by molar-refractivity contribution is 0.357. The standard InChI is InChI=1S/C17H29N/c1-13(2)11-18-12-16(5)15(4)10-17-8-6-7-14(3)9-17/h6-9,13,15-16,18H,10-12H2,1-5H3. The van der Waals surface area contributed by atoms with E-state index < -0.39 is 0 Å². The summed E-state index contributed by atoms with van der Waals surface area (Å²) in [5.41, 5.74) is 2.84. The molecule has 2 atom stereocenters. The highest BCUT2D eigenvalue weighted by Crippen LogP contribution is 2.17. The fourth-order valence-electron chi connectivity index (χ4n) is 2.21. The van der Waals surface area contributed by atoms with E-state index in [0.29, 0.717) is 0 Å². The molecule has 1 heteroatoms. The van der Waals surface area contributed by atoms with Gasteiger partial charge in [-0.3, -0.25) is 0 Å². The minimum absolute atomic E-state index is 0.726. The van der Waals surface area contributed by atoms with Crippen LogP contribution in [0.15, 0.2) is 24.3 Å². The van der Waals surface area contributed by atoms with Gasteiger partial charge in [0.15, 0.2) is 0 Å². The summed E-state index contributed by atoms with van der Waals surface area (Å²) in [5, 5.41) is 3.56. The van der Waals surface area contributed by atoms with Crippen molar-refractivity contribution in [3.8, 4) is 0 Å². The van der Waals surface area contributed by atoms with Gasteiger partial charge in [0.1, 0.15) is 0 Å². The zero-order chi connectivity index (χ0) is 13.5. The second-order valence-electron chi connectivity index (χ2n) is 6.20. The molecule has 18 heavy (non-hydrogen) atoms. The van der Waals surface area contributed by atoms with Gasteiger partial charge in [-0.2, -0.15) is 0 Å². The van der Waals surface area contributed by atoms with E-state index in [9.17, 15) is 0 Å². The van der Waals surface area contributed by atoms with Crippen LogP contribution in [0.3, 0.4) is 0 Å². The fraction of sp³-hybridized carbons (Fsp3) is 0.647. The third kappa shape index (κ3) is 5.68. The molecule has 1 aromatic carbocycles. The highest BCUT2D eigenvalue weighted by Gasteiger charge is 2.12. The van der Waals surface area contributed by atoms with Gasteiger partial charge < -0.3 is 5.32 Å². The van der Waals surface area contributed by atoms with Crippen molar-refractivity contribution < 1.29 is 0 Å². The molecule has 2 unspecified atom stereocenters. The molecule has 0 aliphatic heterocycles. The summed E-state index contributed by atoms with van der Waals surface area (Å²) < 4.78 is 0. The van der Waals surface area contributed by atoms with Crippen molar-refractivity contribution >= 4 is 0 Å². The summed E-state index contributed by atoms with van der Waals surface area (Å²) in [5.74, 6) is 2.19. The Bertz CT molecular complexity index is 343. The molecular formula is C17H29N. The molecular weight excluding hydrogens is 218 g/mol. The Morgan fingerprint density at radius 1 is 1.00 bits per heavy atom. The molecule has 1 nitrogen and oxygen atoms in total. The predicted octanol–water partition coefficient (Wildman–Crippen LogP) is 4.06. The Balaban J connectivity index is 2.37. The van der Waals surface area contributed by atoms with E-state index >= 15 is 0 Å². The minimum Gasteiger partial charge on any atom is -0.316 e. The molecule has 0 bridgehead atoms. The number of rotatable bonds is 7. The summed E-state index contributed by atoms with van der Waals surface area (Å²) in [6, 6.07) is 8.89. The second-order valence-corrected chi connectivity index (χ2v) is 6.20. The predicted molar refractivity (Wildman–Crippen MR) is 80.9 cm³/mol. The van der Waals surface area contributed by atoms with Crippen LogP contribution in [-0.2, 0) is 6.42 Å². The van der Waals surface area contributed by atoms with Crippen molar-refractivity contribution in [2.75, 3.05) is 13.1 Å². The molecule has 0 saturated carbocycles. The van der Waals surface area contributed by atoms with Gasteiger partial charge >= 0.3 is 0 Å². The monoisotopic (exact) mass is 247 g/mol. The maximum Gasteiger partial charge on any atom is -0.00204 e. The van der Waals surface area contributed by atoms with E-state index in [0.717, 1.165) is 30.8 Å². The molecule has 0 saturated heterocycles. The molecule has 0 aliphatic rings. The van der Waals surface area contributed by atoms with Gasteiger partial charge in [-0.1, -0.05) is 57.5 Å². The first-order valence-electron chi connectivity index (χ1n) is 7.25. The van der Waals surface area contributed by atoms with E-state index in [1.54, 1.807) is 0 Å². The van der Waals surface area contributed by atoms with E-state index in [-0.39, 0.29) is 0 Å². The Hall–Kier alpha value is -0.820. The maximum absolute atomic E-state index is 3.56. The molecule has 102 valence electrons. The Kier molecular flexibility index (Phi) is 6.42. The van der Waals surface area contributed by atoms with Crippen LogP contribution in [0.25, 0.3) is 0 Å². The average molecular weight is 247 g/mol. The Labute approximate surface area is 113 Å². The number of benzene rings is 1. The zero-order valence-electron chi connectivity index (χ0n) is 12.7. The van der Waals surface area contributed by atoms with Crippen LogP contribution in [0.4, 0.5) is 0 Å². The van der Waals surface area contributed by atoms with Crippen LogP contribution in [0.2, 0.25) is 0 Å². The summed E-state index contributed by atoms with van der Waals surface area (Å²) >= 11 is 0. The van der Waals surface area contributed by atoms with Crippen LogP contribution < -0.4 is 5.32 Å². The molecule has 0 spiro atoms. The third-order valence-electron chi connectivity index (χ3n) is 3.63. The van der Waals surface area contributed by atoms with Crippen molar-refractivity contribution in [2.24, 2.45) is 17.8 Å². The molecule has 0 heterocycles. The van der Waals surface area contributed by atoms with Crippen LogP contribution >= 0.6 is 0 Å². The van der Waals surface area contributed by atoms with Gasteiger partial charge in [-0.05, 0) is 49.8 Å². The number of nitrogens with one attached hydrogen (secondary N) is 1. The Morgan fingerprint density at radius 2 is 1.72 bits per heavy atom. The minimum atomic E-state index is 0.726. The fourth-order valence-corrected chi connectivity index (χ4v) is 2.21. The van der Waals surface area contributed by atoms with Gasteiger partial charge in [-0.15, -0.1) is 0 Å². The van der Waals surface area contributed by atoms with Crippen molar-refractivity contribution in [1.82, 2.24) is 5.32 Å². The lowest BCUT2D eigenvalue weighted by Gasteiger charge is -2.21. The molecule has 0 amide bonds. The molecule has 0 fully saturated rings. The highest BCUT2D eigenvalue weighted by atomic mass is 14.9. The molecule has 1 rings (SSSR count). The molecule has 1 aromatic rings. The summed E-state index contributed by atoms with van der Waals surface area (Å²) in [6.45, 7) is 13.7. The van der Waals surface area contributed by atoms with E-state index in [2.05, 4.69) is 64.2 Å². The van der Waals surface area contributed by atoms with Gasteiger partial charge in [0, 0.05) is 0 Å². The summed E-state index contributed by atoms with van der Waals surface area (Å²) in [4.78, 5) is 0. The number of hydrogen-bond donors (Lipinski definition) is 1. The first-order valence-corrected chi connectivity index (χ1v) is 7.25. The van der Waals surface area contributed by atoms with Gasteiger partial charge in [0.25, 0.3) is 0 Å². The van der Waals surface area contributed by atoms with Crippen molar-refractivity contribution in [3.05, 3.63) is 35.4 Å². The van der Waals surface area contributed by atoms with Gasteiger partial charge in [0.2, 0.25) is 0 Å². The van der Waals surface area contributed by atoms with Crippen LogP contribution in [-0.4, -0.2) is 13.1 Å². The zero-order valence-corrected chi connectivity index (χ0v) is 12.7. The topological polar surface area (TPSA) is 12.0 Å². The van der Waals surface area contributed by atoms with Crippen LogP contribution in [0, 0.1) is 24.7 Å². The SMILES string of the molecule is Cc1cccc(CC(C)C(C)CNCC(C)C)c1. The number of aryl methyl sites for hydroxylation is 1. The third-order valence-corrected chi connectivity index (χ3v) is 3.63. The summed E-state index contributed by atoms with van der Waals surface area (Å²) in [7, 11) is 0. The molecule has 1 N–H and O–H groups in total. The van der Waals surface area contributed by atoms with E-state index in [1.165, 1.54) is 17.5 Å². The van der Waals surface area contributed by atoms with Gasteiger partial charge in [0.05, 0.1) is 0 Å². The van der Waals surface area contributed by atoms with E-state index in [4.69, 9.17) is 0 Å². The first kappa shape index (κ1) is 15.2. The van der Waals surface area contributed by atoms with Crippen LogP contribution in [0.5, 0.6) is 0 Å². The second kappa shape index (κ2) is 7.58. The number of hydrogen-bond acceptors (Lipinski definition) is 1. The quantitative estimate of drug-likeness (QED) is 0.766. The highest BCUT2D eigenvalue weighted by molar-refractivity contribution is 5.22.